The average molecular weight is 242 g/mol. The highest BCUT2D eigenvalue weighted by Crippen LogP contribution is 2.31. The van der Waals surface area contributed by atoms with Gasteiger partial charge < -0.3 is 4.98 Å². The Hall–Kier alpha value is -1.94. The quantitative estimate of drug-likeness (QED) is 0.713. The maximum Gasteiger partial charge on any atom is 0.251 e. The number of hydrogen-bond donors (Lipinski definition) is 1. The minimum absolute atomic E-state index is 0.109. The van der Waals surface area contributed by atoms with E-state index in [1.165, 1.54) is 10.8 Å². The molecule has 2 heterocycles. The molecule has 4 heteroatoms. The van der Waals surface area contributed by atoms with Crippen LogP contribution < -0.4 is 5.56 Å². The van der Waals surface area contributed by atoms with Crippen molar-refractivity contribution in [2.75, 3.05) is 0 Å². The molecule has 0 amide bonds. The molecule has 84 valence electrons. The number of thiophene rings is 1. The number of H-pyrrole nitrogens is 1. The van der Waals surface area contributed by atoms with E-state index < -0.39 is 0 Å². The third kappa shape index (κ3) is 1.76. The summed E-state index contributed by atoms with van der Waals surface area (Å²) in [5.41, 5.74) is 1.62. The molecule has 0 fully saturated rings. The second-order valence-corrected chi connectivity index (χ2v) is 4.79. The first-order valence-corrected chi connectivity index (χ1v) is 6.16. The highest BCUT2D eigenvalue weighted by atomic mass is 32.1. The topological polar surface area (TPSA) is 45.8 Å². The first-order valence-electron chi connectivity index (χ1n) is 5.28. The Labute approximate surface area is 102 Å². The van der Waals surface area contributed by atoms with Crippen molar-refractivity contribution < 1.29 is 0 Å². The van der Waals surface area contributed by atoms with E-state index in [-0.39, 0.29) is 5.56 Å². The fourth-order valence-corrected chi connectivity index (χ4v) is 2.81. The van der Waals surface area contributed by atoms with Gasteiger partial charge >= 0.3 is 0 Å². The molecule has 0 saturated carbocycles. The zero-order valence-corrected chi connectivity index (χ0v) is 10.0. The molecule has 0 unspecified atom stereocenters. The van der Waals surface area contributed by atoms with Gasteiger partial charge in [-0.1, -0.05) is 18.2 Å². The molecule has 0 bridgehead atoms. The Balaban J connectivity index is 2.30. The molecule has 0 aliphatic rings. The Kier molecular flexibility index (Phi) is 2.30. The lowest BCUT2D eigenvalue weighted by Gasteiger charge is -2.00. The van der Waals surface area contributed by atoms with Crippen LogP contribution in [0, 0.1) is 6.92 Å². The van der Waals surface area contributed by atoms with Crippen LogP contribution >= 0.6 is 11.3 Å². The Bertz CT molecular complexity index is 742. The molecule has 17 heavy (non-hydrogen) atoms. The number of rotatable bonds is 1. The maximum atomic E-state index is 11.5. The molecular weight excluding hydrogens is 232 g/mol. The van der Waals surface area contributed by atoms with Crippen LogP contribution in [0.3, 0.4) is 0 Å². The summed E-state index contributed by atoms with van der Waals surface area (Å²) in [6.07, 6.45) is 0. The average Bonchev–Trinajstić information content (AvgIpc) is 2.71. The second-order valence-electron chi connectivity index (χ2n) is 3.88. The molecule has 3 nitrogen and oxygen atoms in total. The molecule has 0 saturated heterocycles. The van der Waals surface area contributed by atoms with E-state index in [1.807, 2.05) is 30.5 Å². The van der Waals surface area contributed by atoms with Crippen molar-refractivity contribution in [2.45, 2.75) is 6.92 Å². The molecule has 1 aromatic carbocycles. The van der Waals surface area contributed by atoms with Gasteiger partial charge in [0.25, 0.3) is 5.56 Å². The fraction of sp³-hybridized carbons (Fsp3) is 0.0769. The van der Waals surface area contributed by atoms with Crippen molar-refractivity contribution >= 4 is 21.4 Å². The zero-order valence-electron chi connectivity index (χ0n) is 9.23. The lowest BCUT2D eigenvalue weighted by atomic mass is 10.1. The zero-order chi connectivity index (χ0) is 11.8. The van der Waals surface area contributed by atoms with Gasteiger partial charge in [0.2, 0.25) is 0 Å². The summed E-state index contributed by atoms with van der Waals surface area (Å²) >= 11 is 1.66. The molecular formula is C13H10N2OS. The molecule has 3 aromatic rings. The van der Waals surface area contributed by atoms with Crippen LogP contribution in [0.2, 0.25) is 0 Å². The molecule has 0 aliphatic carbocycles. The van der Waals surface area contributed by atoms with Crippen LogP contribution in [0.1, 0.15) is 5.69 Å². The summed E-state index contributed by atoms with van der Waals surface area (Å²) < 4.78 is 1.20. The third-order valence-electron chi connectivity index (χ3n) is 2.61. The molecule has 2 aromatic heterocycles. The third-order valence-corrected chi connectivity index (χ3v) is 3.57. The Morgan fingerprint density at radius 2 is 2.12 bits per heavy atom. The van der Waals surface area contributed by atoms with Gasteiger partial charge in [0.1, 0.15) is 5.82 Å². The molecule has 1 N–H and O–H groups in total. The van der Waals surface area contributed by atoms with Crippen molar-refractivity contribution in [3.8, 4) is 11.4 Å². The number of nitrogens with one attached hydrogen (secondary N) is 1. The number of aromatic amines is 1. The number of hydrogen-bond acceptors (Lipinski definition) is 3. The summed E-state index contributed by atoms with van der Waals surface area (Å²) in [6.45, 7) is 1.83. The lowest BCUT2D eigenvalue weighted by molar-refractivity contribution is 1.08. The standard InChI is InChI=1S/C13H10N2OS/c1-8-6-12(16)15-13(14-8)10-7-17-11-5-3-2-4-9(10)11/h2-7H,1H3,(H,14,15,16). The molecule has 0 aliphatic heterocycles. The SMILES string of the molecule is Cc1cc(=O)[nH]c(-c2csc3ccccc23)n1. The van der Waals surface area contributed by atoms with Gasteiger partial charge in [-0.25, -0.2) is 4.98 Å². The summed E-state index contributed by atoms with van der Waals surface area (Å²) in [6, 6.07) is 9.61. The van der Waals surface area contributed by atoms with Gasteiger partial charge in [-0.15, -0.1) is 11.3 Å². The van der Waals surface area contributed by atoms with E-state index in [4.69, 9.17) is 0 Å². The van der Waals surface area contributed by atoms with Crippen molar-refractivity contribution in [3.63, 3.8) is 0 Å². The van der Waals surface area contributed by atoms with Crippen LogP contribution in [0.25, 0.3) is 21.5 Å². The summed E-state index contributed by atoms with van der Waals surface area (Å²) in [5, 5.41) is 3.16. The first-order chi connectivity index (χ1) is 8.24. The summed E-state index contributed by atoms with van der Waals surface area (Å²) in [5.74, 6) is 0.646. The summed E-state index contributed by atoms with van der Waals surface area (Å²) in [7, 11) is 0. The van der Waals surface area contributed by atoms with Crippen molar-refractivity contribution in [3.05, 3.63) is 51.8 Å². The highest BCUT2D eigenvalue weighted by Gasteiger charge is 2.08. The summed E-state index contributed by atoms with van der Waals surface area (Å²) in [4.78, 5) is 18.6. The van der Waals surface area contributed by atoms with E-state index in [2.05, 4.69) is 16.0 Å². The smallest absolute Gasteiger partial charge is 0.251 e. The van der Waals surface area contributed by atoms with Crippen LogP contribution in [-0.4, -0.2) is 9.97 Å². The fourth-order valence-electron chi connectivity index (χ4n) is 1.87. The molecule has 3 rings (SSSR count). The van der Waals surface area contributed by atoms with Crippen LogP contribution in [0.4, 0.5) is 0 Å². The van der Waals surface area contributed by atoms with Gasteiger partial charge in [0, 0.05) is 32.8 Å². The Morgan fingerprint density at radius 1 is 1.29 bits per heavy atom. The van der Waals surface area contributed by atoms with Gasteiger partial charge in [0.05, 0.1) is 0 Å². The largest absolute Gasteiger partial charge is 0.306 e. The Morgan fingerprint density at radius 3 is 2.94 bits per heavy atom. The van der Waals surface area contributed by atoms with E-state index in [1.54, 1.807) is 11.3 Å². The maximum absolute atomic E-state index is 11.5. The van der Waals surface area contributed by atoms with Gasteiger partial charge in [-0.2, -0.15) is 0 Å². The van der Waals surface area contributed by atoms with Crippen molar-refractivity contribution in [1.29, 1.82) is 0 Å². The van der Waals surface area contributed by atoms with Crippen LogP contribution in [0.5, 0.6) is 0 Å². The molecule has 0 spiro atoms. The minimum atomic E-state index is -0.109. The van der Waals surface area contributed by atoms with E-state index in [0.717, 1.165) is 16.6 Å². The number of aryl methyl sites for hydroxylation is 1. The normalized spacial score (nSPS) is 10.9. The number of benzene rings is 1. The van der Waals surface area contributed by atoms with E-state index in [9.17, 15) is 4.79 Å². The minimum Gasteiger partial charge on any atom is -0.306 e. The first kappa shape index (κ1) is 10.2. The van der Waals surface area contributed by atoms with Crippen molar-refractivity contribution in [2.24, 2.45) is 0 Å². The van der Waals surface area contributed by atoms with E-state index in [0.29, 0.717) is 5.82 Å². The number of nitrogens with zero attached hydrogens (tertiary/aromatic N) is 1. The number of aromatic nitrogens is 2. The van der Waals surface area contributed by atoms with Gasteiger partial charge in [-0.05, 0) is 13.0 Å². The van der Waals surface area contributed by atoms with Gasteiger partial charge in [-0.3, -0.25) is 4.79 Å². The molecule has 0 radical (unpaired) electrons. The number of fused-ring (bicyclic) bond motifs is 1. The van der Waals surface area contributed by atoms with Gasteiger partial charge in [0.15, 0.2) is 0 Å². The van der Waals surface area contributed by atoms with Crippen LogP contribution in [0.15, 0.2) is 40.5 Å². The predicted molar refractivity (Wildman–Crippen MR) is 70.4 cm³/mol. The molecule has 0 atom stereocenters. The highest BCUT2D eigenvalue weighted by molar-refractivity contribution is 7.17. The lowest BCUT2D eigenvalue weighted by Crippen LogP contribution is -2.08. The monoisotopic (exact) mass is 242 g/mol. The second kappa shape index (κ2) is 3.82. The van der Waals surface area contributed by atoms with Crippen molar-refractivity contribution in [1.82, 2.24) is 9.97 Å². The van der Waals surface area contributed by atoms with Crippen LogP contribution in [-0.2, 0) is 0 Å². The predicted octanol–water partition coefficient (Wildman–Crippen LogP) is 2.96. The van der Waals surface area contributed by atoms with E-state index >= 15 is 0 Å².